The van der Waals surface area contributed by atoms with E-state index in [1.807, 2.05) is 36.4 Å². The lowest BCUT2D eigenvalue weighted by Crippen LogP contribution is -2.13. The predicted molar refractivity (Wildman–Crippen MR) is 112 cm³/mol. The molecule has 1 aromatic heterocycles. The molecule has 1 N–H and O–H groups in total. The highest BCUT2D eigenvalue weighted by Crippen LogP contribution is 2.25. The largest absolute Gasteiger partial charge is 0.320 e. The van der Waals surface area contributed by atoms with E-state index in [2.05, 4.69) is 16.5 Å². The number of carbonyl (C=O) groups excluding carboxylic acids is 1. The van der Waals surface area contributed by atoms with Crippen molar-refractivity contribution in [2.24, 2.45) is 0 Å². The van der Waals surface area contributed by atoms with Crippen LogP contribution >= 0.6 is 11.6 Å². The molecule has 0 aliphatic rings. The number of benzene rings is 2. The maximum atomic E-state index is 12.6. The normalized spacial score (nSPS) is 10.8. The van der Waals surface area contributed by atoms with Gasteiger partial charge in [-0.25, -0.2) is 0 Å². The van der Waals surface area contributed by atoms with Gasteiger partial charge in [0.15, 0.2) is 0 Å². The SMILES string of the molecule is N#CCCn1cc(/C=C(\C#N)C(=O)Nc2ccccc2Cl)c(-c2ccccc2)n1. The number of hydrogen-bond donors (Lipinski definition) is 1. The van der Waals surface area contributed by atoms with Gasteiger partial charge in [-0.1, -0.05) is 54.1 Å². The third-order valence-corrected chi connectivity index (χ3v) is 4.41. The second-order valence-corrected chi connectivity index (χ2v) is 6.48. The summed E-state index contributed by atoms with van der Waals surface area (Å²) < 4.78 is 1.64. The van der Waals surface area contributed by atoms with Gasteiger partial charge in [-0.3, -0.25) is 9.48 Å². The van der Waals surface area contributed by atoms with Crippen molar-refractivity contribution >= 4 is 29.3 Å². The van der Waals surface area contributed by atoms with Gasteiger partial charge >= 0.3 is 0 Å². The molecule has 0 atom stereocenters. The van der Waals surface area contributed by atoms with Crippen molar-refractivity contribution in [3.63, 3.8) is 0 Å². The summed E-state index contributed by atoms with van der Waals surface area (Å²) in [5.74, 6) is -0.565. The summed E-state index contributed by atoms with van der Waals surface area (Å²) in [6.45, 7) is 0.415. The molecule has 0 saturated carbocycles. The van der Waals surface area contributed by atoms with E-state index in [0.717, 1.165) is 5.56 Å². The van der Waals surface area contributed by atoms with Crippen LogP contribution in [-0.2, 0) is 11.3 Å². The molecule has 0 unspecified atom stereocenters. The van der Waals surface area contributed by atoms with Gasteiger partial charge in [0.2, 0.25) is 0 Å². The Hall–Kier alpha value is -3.87. The highest BCUT2D eigenvalue weighted by molar-refractivity contribution is 6.34. The first-order chi connectivity index (χ1) is 14.1. The fraction of sp³-hybridized carbons (Fsp3) is 0.0909. The average molecular weight is 402 g/mol. The maximum absolute atomic E-state index is 12.6. The number of aryl methyl sites for hydroxylation is 1. The monoisotopic (exact) mass is 401 g/mol. The van der Waals surface area contributed by atoms with Gasteiger partial charge in [-0.05, 0) is 18.2 Å². The number of hydrogen-bond acceptors (Lipinski definition) is 4. The first-order valence-electron chi connectivity index (χ1n) is 8.80. The third-order valence-electron chi connectivity index (χ3n) is 4.08. The molecule has 0 spiro atoms. The van der Waals surface area contributed by atoms with Crippen molar-refractivity contribution in [2.45, 2.75) is 13.0 Å². The average Bonchev–Trinajstić information content (AvgIpc) is 3.15. The number of para-hydroxylation sites is 1. The van der Waals surface area contributed by atoms with Crippen LogP contribution in [0.4, 0.5) is 5.69 Å². The summed E-state index contributed by atoms with van der Waals surface area (Å²) in [5.41, 5.74) is 2.43. The third kappa shape index (κ3) is 4.90. The molecule has 7 heteroatoms. The Morgan fingerprint density at radius 2 is 1.86 bits per heavy atom. The quantitative estimate of drug-likeness (QED) is 0.480. The number of rotatable bonds is 6. The number of amides is 1. The van der Waals surface area contributed by atoms with Crippen molar-refractivity contribution in [2.75, 3.05) is 5.32 Å². The molecule has 0 aliphatic carbocycles. The lowest BCUT2D eigenvalue weighted by atomic mass is 10.1. The van der Waals surface area contributed by atoms with E-state index in [1.165, 1.54) is 6.08 Å². The minimum atomic E-state index is -0.565. The molecule has 0 radical (unpaired) electrons. The van der Waals surface area contributed by atoms with Gasteiger partial charge in [0.25, 0.3) is 5.91 Å². The first-order valence-corrected chi connectivity index (χ1v) is 9.17. The molecule has 0 bridgehead atoms. The van der Waals surface area contributed by atoms with Gasteiger partial charge in [-0.15, -0.1) is 0 Å². The van der Waals surface area contributed by atoms with E-state index < -0.39 is 5.91 Å². The highest BCUT2D eigenvalue weighted by atomic mass is 35.5. The summed E-state index contributed by atoms with van der Waals surface area (Å²) in [4.78, 5) is 12.6. The summed E-state index contributed by atoms with van der Waals surface area (Å²) in [5, 5.41) is 25.9. The van der Waals surface area contributed by atoms with Crippen LogP contribution in [0.25, 0.3) is 17.3 Å². The Balaban J connectivity index is 1.97. The van der Waals surface area contributed by atoms with Crippen LogP contribution in [0, 0.1) is 22.7 Å². The summed E-state index contributed by atoms with van der Waals surface area (Å²) in [6.07, 6.45) is 3.52. The Labute approximate surface area is 173 Å². The summed E-state index contributed by atoms with van der Waals surface area (Å²) in [6, 6.07) is 20.3. The number of nitrogens with one attached hydrogen (secondary N) is 1. The first kappa shape index (κ1) is 19.9. The molecule has 3 aromatic rings. The molecule has 1 heterocycles. The van der Waals surface area contributed by atoms with Crippen LogP contribution in [0.2, 0.25) is 5.02 Å². The molecular weight excluding hydrogens is 386 g/mol. The second-order valence-electron chi connectivity index (χ2n) is 6.07. The zero-order chi connectivity index (χ0) is 20.6. The van der Waals surface area contributed by atoms with Gasteiger partial charge in [0.1, 0.15) is 11.6 Å². The van der Waals surface area contributed by atoms with Gasteiger partial charge in [0.05, 0.1) is 35.4 Å². The van der Waals surface area contributed by atoms with Crippen molar-refractivity contribution in [1.29, 1.82) is 10.5 Å². The minimum Gasteiger partial charge on any atom is -0.320 e. The predicted octanol–water partition coefficient (Wildman–Crippen LogP) is 4.66. The van der Waals surface area contributed by atoms with Crippen LogP contribution in [0.5, 0.6) is 0 Å². The Morgan fingerprint density at radius 3 is 2.55 bits per heavy atom. The topological polar surface area (TPSA) is 94.5 Å². The Bertz CT molecular complexity index is 1140. The van der Waals surface area contributed by atoms with Gasteiger partial charge in [0, 0.05) is 17.3 Å². The fourth-order valence-electron chi connectivity index (χ4n) is 2.70. The molecule has 1 amide bonds. The van der Waals surface area contributed by atoms with Gasteiger partial charge in [-0.2, -0.15) is 15.6 Å². The zero-order valence-electron chi connectivity index (χ0n) is 15.3. The minimum absolute atomic E-state index is 0.0815. The zero-order valence-corrected chi connectivity index (χ0v) is 16.1. The molecule has 6 nitrogen and oxygen atoms in total. The molecule has 142 valence electrons. The van der Waals surface area contributed by atoms with E-state index in [9.17, 15) is 10.1 Å². The molecule has 2 aromatic carbocycles. The maximum Gasteiger partial charge on any atom is 0.266 e. The summed E-state index contributed by atoms with van der Waals surface area (Å²) in [7, 11) is 0. The molecule has 29 heavy (non-hydrogen) atoms. The lowest BCUT2D eigenvalue weighted by Gasteiger charge is -2.06. The number of nitrogens with zero attached hydrogens (tertiary/aromatic N) is 4. The molecule has 0 fully saturated rings. The Kier molecular flexibility index (Phi) is 6.42. The van der Waals surface area contributed by atoms with E-state index in [-0.39, 0.29) is 5.57 Å². The van der Waals surface area contributed by atoms with Crippen molar-refractivity contribution < 1.29 is 4.79 Å². The Morgan fingerprint density at radius 1 is 1.14 bits per heavy atom. The van der Waals surface area contributed by atoms with E-state index in [1.54, 1.807) is 35.1 Å². The second kappa shape index (κ2) is 9.36. The van der Waals surface area contributed by atoms with E-state index >= 15 is 0 Å². The smallest absolute Gasteiger partial charge is 0.266 e. The van der Waals surface area contributed by atoms with E-state index in [0.29, 0.717) is 34.9 Å². The number of halogens is 1. The van der Waals surface area contributed by atoms with Crippen LogP contribution in [0.15, 0.2) is 66.4 Å². The summed E-state index contributed by atoms with van der Waals surface area (Å²) >= 11 is 6.08. The molecule has 3 rings (SSSR count). The van der Waals surface area contributed by atoms with Crippen molar-refractivity contribution in [3.05, 3.63) is 77.0 Å². The van der Waals surface area contributed by atoms with Crippen molar-refractivity contribution in [3.8, 4) is 23.4 Å². The van der Waals surface area contributed by atoms with Crippen LogP contribution in [0.3, 0.4) is 0 Å². The molecular formula is C22H16ClN5O. The number of carbonyl (C=O) groups is 1. The highest BCUT2D eigenvalue weighted by Gasteiger charge is 2.15. The number of nitriles is 2. The number of aromatic nitrogens is 2. The number of anilines is 1. The molecule has 0 saturated heterocycles. The standard InChI is InChI=1S/C22H16ClN5O/c23-19-9-4-5-10-20(19)26-22(29)17(14-25)13-18-15-28(12-6-11-24)27-21(18)16-7-2-1-3-8-16/h1-5,7-10,13,15H,6,12H2,(H,26,29)/b17-13+. The lowest BCUT2D eigenvalue weighted by molar-refractivity contribution is -0.112. The van der Waals surface area contributed by atoms with Gasteiger partial charge < -0.3 is 5.32 Å². The van der Waals surface area contributed by atoms with Crippen LogP contribution in [0.1, 0.15) is 12.0 Å². The van der Waals surface area contributed by atoms with Crippen LogP contribution < -0.4 is 5.32 Å². The van der Waals surface area contributed by atoms with Crippen LogP contribution in [-0.4, -0.2) is 15.7 Å². The van der Waals surface area contributed by atoms with E-state index in [4.69, 9.17) is 16.9 Å². The fourth-order valence-corrected chi connectivity index (χ4v) is 2.88. The van der Waals surface area contributed by atoms with Crippen molar-refractivity contribution in [1.82, 2.24) is 9.78 Å². The molecule has 0 aliphatic heterocycles.